The molecule has 1 unspecified atom stereocenters. The third-order valence-corrected chi connectivity index (χ3v) is 4.09. The number of carboxylic acids is 1. The van der Waals surface area contributed by atoms with E-state index < -0.39 is 12.0 Å². The van der Waals surface area contributed by atoms with Crippen molar-refractivity contribution in [2.75, 3.05) is 0 Å². The lowest BCUT2D eigenvalue weighted by Crippen LogP contribution is -2.48. The fourth-order valence-corrected chi connectivity index (χ4v) is 2.79. The van der Waals surface area contributed by atoms with E-state index in [4.69, 9.17) is 10.8 Å². The van der Waals surface area contributed by atoms with Crippen LogP contribution in [0.5, 0.6) is 0 Å². The molecule has 0 aliphatic heterocycles. The monoisotopic (exact) mass is 233 g/mol. The first kappa shape index (κ1) is 12.8. The maximum Gasteiger partial charge on any atom is 0.320 e. The van der Waals surface area contributed by atoms with Gasteiger partial charge in [-0.2, -0.15) is 0 Å². The van der Waals surface area contributed by atoms with E-state index in [1.165, 1.54) is 38.5 Å². The van der Waals surface area contributed by atoms with Crippen LogP contribution in [0.3, 0.4) is 0 Å². The molecule has 3 N–H and O–H groups in total. The van der Waals surface area contributed by atoms with Crippen molar-refractivity contribution < 1.29 is 9.90 Å². The van der Waals surface area contributed by atoms with Gasteiger partial charge in [0.15, 0.2) is 0 Å². The Kier molecular flexibility index (Phi) is 4.41. The van der Waals surface area contributed by atoms with Crippen molar-refractivity contribution in [3.63, 3.8) is 0 Å². The Hall–Kier alpha value is -0.280. The van der Waals surface area contributed by atoms with Gasteiger partial charge in [-0.15, -0.1) is 12.4 Å². The highest BCUT2D eigenvalue weighted by molar-refractivity contribution is 5.85. The lowest BCUT2D eigenvalue weighted by Gasteiger charge is -2.44. The van der Waals surface area contributed by atoms with Gasteiger partial charge in [-0.25, -0.2) is 0 Å². The van der Waals surface area contributed by atoms with Crippen LogP contribution >= 0.6 is 12.4 Å². The van der Waals surface area contributed by atoms with E-state index in [0.29, 0.717) is 11.8 Å². The Morgan fingerprint density at radius 1 is 1.13 bits per heavy atom. The fourth-order valence-electron chi connectivity index (χ4n) is 2.79. The van der Waals surface area contributed by atoms with E-state index in [-0.39, 0.29) is 18.3 Å². The molecule has 0 aromatic rings. The van der Waals surface area contributed by atoms with E-state index in [1.807, 2.05) is 0 Å². The van der Waals surface area contributed by atoms with Crippen molar-refractivity contribution in [2.45, 2.75) is 44.6 Å². The summed E-state index contributed by atoms with van der Waals surface area (Å²) in [6.07, 6.45) is 7.31. The Bertz CT molecular complexity index is 213. The van der Waals surface area contributed by atoms with Gasteiger partial charge in [0.2, 0.25) is 0 Å². The van der Waals surface area contributed by atoms with Crippen LogP contribution in [0.15, 0.2) is 0 Å². The molecule has 15 heavy (non-hydrogen) atoms. The highest BCUT2D eigenvalue weighted by Crippen LogP contribution is 2.45. The molecule has 0 radical (unpaired) electrons. The van der Waals surface area contributed by atoms with Crippen LogP contribution in [0.1, 0.15) is 38.5 Å². The van der Waals surface area contributed by atoms with Gasteiger partial charge in [-0.3, -0.25) is 4.79 Å². The molecule has 2 saturated carbocycles. The maximum atomic E-state index is 10.9. The number of rotatable bonds is 4. The average molecular weight is 234 g/mol. The van der Waals surface area contributed by atoms with E-state index in [2.05, 4.69) is 0 Å². The molecule has 2 aliphatic carbocycles. The number of nitrogens with two attached hydrogens (primary N) is 1. The third kappa shape index (κ3) is 2.45. The maximum absolute atomic E-state index is 10.9. The van der Waals surface area contributed by atoms with Crippen LogP contribution in [0.2, 0.25) is 0 Å². The molecule has 4 heteroatoms. The summed E-state index contributed by atoms with van der Waals surface area (Å²) in [6.45, 7) is 0. The van der Waals surface area contributed by atoms with Crippen molar-refractivity contribution in [3.05, 3.63) is 0 Å². The van der Waals surface area contributed by atoms with Gasteiger partial charge in [0.25, 0.3) is 0 Å². The van der Waals surface area contributed by atoms with Crippen LogP contribution in [-0.2, 0) is 4.79 Å². The van der Waals surface area contributed by atoms with Crippen molar-refractivity contribution in [1.82, 2.24) is 0 Å². The molecule has 88 valence electrons. The summed E-state index contributed by atoms with van der Waals surface area (Å²) in [5, 5.41) is 8.96. The second kappa shape index (κ2) is 5.17. The summed E-state index contributed by atoms with van der Waals surface area (Å²) in [4.78, 5) is 10.9. The van der Waals surface area contributed by atoms with Crippen molar-refractivity contribution in [2.24, 2.45) is 23.5 Å². The summed E-state index contributed by atoms with van der Waals surface area (Å²) in [5.41, 5.74) is 5.78. The smallest absolute Gasteiger partial charge is 0.320 e. The second-order valence-electron chi connectivity index (χ2n) is 4.82. The number of hydrogen-bond acceptors (Lipinski definition) is 2. The first-order chi connectivity index (χ1) is 6.70. The normalized spacial score (nSPS) is 23.9. The van der Waals surface area contributed by atoms with Crippen LogP contribution in [0, 0.1) is 17.8 Å². The van der Waals surface area contributed by atoms with Gasteiger partial charge < -0.3 is 10.8 Å². The van der Waals surface area contributed by atoms with Crippen molar-refractivity contribution in [3.8, 4) is 0 Å². The minimum Gasteiger partial charge on any atom is -0.480 e. The summed E-state index contributed by atoms with van der Waals surface area (Å²) in [5.74, 6) is 0.654. The number of carboxylic acid groups (broad SMARTS) is 1. The number of hydrogen-bond donors (Lipinski definition) is 2. The minimum atomic E-state index is -0.811. The van der Waals surface area contributed by atoms with Gasteiger partial charge in [0, 0.05) is 0 Å². The molecule has 3 nitrogen and oxygen atoms in total. The molecule has 0 bridgehead atoms. The van der Waals surface area contributed by atoms with Crippen LogP contribution < -0.4 is 5.73 Å². The van der Waals surface area contributed by atoms with E-state index in [1.54, 1.807) is 0 Å². The topological polar surface area (TPSA) is 63.3 Å². The zero-order valence-corrected chi connectivity index (χ0v) is 9.71. The van der Waals surface area contributed by atoms with Gasteiger partial charge in [-0.1, -0.05) is 38.5 Å². The van der Waals surface area contributed by atoms with Gasteiger partial charge in [0.1, 0.15) is 6.04 Å². The van der Waals surface area contributed by atoms with Gasteiger partial charge in [-0.05, 0) is 17.8 Å². The predicted molar refractivity (Wildman–Crippen MR) is 61.0 cm³/mol. The average Bonchev–Trinajstić information content (AvgIpc) is 1.94. The van der Waals surface area contributed by atoms with E-state index in [9.17, 15) is 4.79 Å². The van der Waals surface area contributed by atoms with Gasteiger partial charge in [0.05, 0.1) is 0 Å². The van der Waals surface area contributed by atoms with Crippen LogP contribution in [-0.4, -0.2) is 17.1 Å². The Morgan fingerprint density at radius 3 is 1.73 bits per heavy atom. The first-order valence-corrected chi connectivity index (χ1v) is 5.68. The first-order valence-electron chi connectivity index (χ1n) is 5.68. The summed E-state index contributed by atoms with van der Waals surface area (Å²) >= 11 is 0. The quantitative estimate of drug-likeness (QED) is 0.781. The lowest BCUT2D eigenvalue weighted by molar-refractivity contribution is -0.142. The predicted octanol–water partition coefficient (Wildman–Crippen LogP) is 2.04. The molecule has 0 heterocycles. The highest BCUT2D eigenvalue weighted by atomic mass is 35.5. The third-order valence-electron chi connectivity index (χ3n) is 4.09. The van der Waals surface area contributed by atoms with Gasteiger partial charge >= 0.3 is 5.97 Å². The van der Waals surface area contributed by atoms with Crippen molar-refractivity contribution in [1.29, 1.82) is 0 Å². The lowest BCUT2D eigenvalue weighted by atomic mass is 9.62. The molecule has 2 rings (SSSR count). The molecule has 2 fully saturated rings. The zero-order valence-electron chi connectivity index (χ0n) is 8.89. The zero-order chi connectivity index (χ0) is 10.1. The fraction of sp³-hybridized carbons (Fsp3) is 0.909. The Balaban J connectivity index is 0.00000112. The highest BCUT2D eigenvalue weighted by Gasteiger charge is 2.41. The Labute approximate surface area is 96.8 Å². The number of halogens is 1. The van der Waals surface area contributed by atoms with Crippen LogP contribution in [0.4, 0.5) is 0 Å². The molecule has 0 saturated heterocycles. The molecular weight excluding hydrogens is 214 g/mol. The summed E-state index contributed by atoms with van der Waals surface area (Å²) in [6, 6.07) is -0.620. The molecule has 0 aromatic carbocycles. The molecule has 2 aliphatic rings. The molecule has 0 amide bonds. The SMILES string of the molecule is Cl.NC(C(=O)O)C(C1CCC1)C1CCC1. The molecule has 0 spiro atoms. The molecule has 1 atom stereocenters. The minimum absolute atomic E-state index is 0. The van der Waals surface area contributed by atoms with E-state index in [0.717, 1.165) is 0 Å². The largest absolute Gasteiger partial charge is 0.480 e. The standard InChI is InChI=1S/C11H19NO2.ClH/c12-10(11(13)14)9(7-3-1-4-7)8-5-2-6-8;/h7-10H,1-6,12H2,(H,13,14);1H. The Morgan fingerprint density at radius 2 is 1.53 bits per heavy atom. The summed E-state index contributed by atoms with van der Waals surface area (Å²) < 4.78 is 0. The van der Waals surface area contributed by atoms with Crippen molar-refractivity contribution >= 4 is 18.4 Å². The second-order valence-corrected chi connectivity index (χ2v) is 4.82. The van der Waals surface area contributed by atoms with Crippen LogP contribution in [0.25, 0.3) is 0 Å². The number of aliphatic carboxylic acids is 1. The number of carbonyl (C=O) groups is 1. The molecular formula is C11H20ClNO2. The molecule has 0 aromatic heterocycles. The summed E-state index contributed by atoms with van der Waals surface area (Å²) in [7, 11) is 0. The van der Waals surface area contributed by atoms with E-state index >= 15 is 0 Å².